The van der Waals surface area contributed by atoms with E-state index in [4.69, 9.17) is 16.2 Å². The van der Waals surface area contributed by atoms with Crippen molar-refractivity contribution in [2.75, 3.05) is 7.05 Å². The molecule has 0 aliphatic heterocycles. The maximum atomic E-state index is 11.2. The fourth-order valence-corrected chi connectivity index (χ4v) is 2.44. The van der Waals surface area contributed by atoms with E-state index in [1.165, 1.54) is 5.56 Å². The van der Waals surface area contributed by atoms with Crippen LogP contribution in [0.4, 0.5) is 0 Å². The number of hydrogen-bond donors (Lipinski definition) is 3. The summed E-state index contributed by atoms with van der Waals surface area (Å²) in [5.41, 5.74) is 13.5. The maximum absolute atomic E-state index is 11.2. The van der Waals surface area contributed by atoms with E-state index in [1.54, 1.807) is 7.05 Å². The van der Waals surface area contributed by atoms with Crippen LogP contribution in [-0.2, 0) is 27.4 Å². The SMILES string of the molecule is CNC(=O)CCCCc1ccc(CO[C@H](C)C(N)CCC(N)=O)cc1. The van der Waals surface area contributed by atoms with Crippen LogP contribution in [0.3, 0.4) is 0 Å². The first-order valence-electron chi connectivity index (χ1n) is 8.86. The second kappa shape index (κ2) is 11.6. The highest BCUT2D eigenvalue weighted by Gasteiger charge is 2.14. The molecule has 140 valence electrons. The molecule has 1 aromatic rings. The van der Waals surface area contributed by atoms with Crippen LogP contribution in [-0.4, -0.2) is 31.0 Å². The third-order valence-electron chi connectivity index (χ3n) is 4.26. The van der Waals surface area contributed by atoms with Gasteiger partial charge in [0.25, 0.3) is 0 Å². The zero-order chi connectivity index (χ0) is 18.7. The van der Waals surface area contributed by atoms with Crippen molar-refractivity contribution in [1.29, 1.82) is 0 Å². The maximum Gasteiger partial charge on any atom is 0.219 e. The number of rotatable bonds is 12. The standard InChI is InChI=1S/C19H31N3O3/c1-14(17(20)11-12-18(21)23)25-13-16-9-7-15(8-10-16)5-3-4-6-19(24)22-2/h7-10,14,17H,3-6,11-13,20H2,1-2H3,(H2,21,23)(H,22,24)/t14-,17?/m1/s1. The normalized spacial score (nSPS) is 13.2. The number of nitrogens with one attached hydrogen (secondary N) is 1. The highest BCUT2D eigenvalue weighted by atomic mass is 16.5. The summed E-state index contributed by atoms with van der Waals surface area (Å²) in [6.45, 7) is 2.40. The Morgan fingerprint density at radius 1 is 1.12 bits per heavy atom. The molecule has 0 heterocycles. The lowest BCUT2D eigenvalue weighted by Crippen LogP contribution is -2.35. The Morgan fingerprint density at radius 3 is 2.36 bits per heavy atom. The summed E-state index contributed by atoms with van der Waals surface area (Å²) in [6.07, 6.45) is 4.11. The number of amides is 2. The quantitative estimate of drug-likeness (QED) is 0.499. The Kier molecular flexibility index (Phi) is 9.80. The van der Waals surface area contributed by atoms with Crippen molar-refractivity contribution in [3.05, 3.63) is 35.4 Å². The van der Waals surface area contributed by atoms with Crippen LogP contribution in [0.15, 0.2) is 24.3 Å². The van der Waals surface area contributed by atoms with Crippen molar-refractivity contribution >= 4 is 11.8 Å². The summed E-state index contributed by atoms with van der Waals surface area (Å²) in [4.78, 5) is 21.9. The van der Waals surface area contributed by atoms with Crippen molar-refractivity contribution in [1.82, 2.24) is 5.32 Å². The van der Waals surface area contributed by atoms with Crippen LogP contribution in [0.5, 0.6) is 0 Å². The van der Waals surface area contributed by atoms with Crippen LogP contribution >= 0.6 is 0 Å². The van der Waals surface area contributed by atoms with E-state index in [0.29, 0.717) is 19.4 Å². The molecule has 0 fully saturated rings. The molecule has 0 aliphatic rings. The van der Waals surface area contributed by atoms with Gasteiger partial charge in [-0.2, -0.15) is 0 Å². The molecule has 6 heteroatoms. The average molecular weight is 349 g/mol. The van der Waals surface area contributed by atoms with E-state index in [2.05, 4.69) is 29.6 Å². The summed E-state index contributed by atoms with van der Waals surface area (Å²) in [7, 11) is 1.66. The summed E-state index contributed by atoms with van der Waals surface area (Å²) >= 11 is 0. The lowest BCUT2D eigenvalue weighted by atomic mass is 10.0. The van der Waals surface area contributed by atoms with Gasteiger partial charge >= 0.3 is 0 Å². The lowest BCUT2D eigenvalue weighted by Gasteiger charge is -2.20. The monoisotopic (exact) mass is 349 g/mol. The number of carbonyl (C=O) groups excluding carboxylic acids is 2. The van der Waals surface area contributed by atoms with Crippen LogP contribution in [0.1, 0.15) is 50.2 Å². The Balaban J connectivity index is 2.29. The summed E-state index contributed by atoms with van der Waals surface area (Å²) < 4.78 is 5.78. The molecule has 2 atom stereocenters. The molecule has 0 aromatic heterocycles. The second-order valence-corrected chi connectivity index (χ2v) is 6.38. The molecule has 1 rings (SSSR count). The molecule has 1 unspecified atom stereocenters. The van der Waals surface area contributed by atoms with Crippen molar-refractivity contribution in [2.45, 2.75) is 64.2 Å². The number of hydrogen-bond acceptors (Lipinski definition) is 4. The highest BCUT2D eigenvalue weighted by molar-refractivity contribution is 5.75. The molecule has 5 N–H and O–H groups in total. The smallest absolute Gasteiger partial charge is 0.219 e. The van der Waals surface area contributed by atoms with Gasteiger partial charge in [0.2, 0.25) is 11.8 Å². The van der Waals surface area contributed by atoms with E-state index >= 15 is 0 Å². The van der Waals surface area contributed by atoms with E-state index in [0.717, 1.165) is 24.8 Å². The van der Waals surface area contributed by atoms with Crippen molar-refractivity contribution in [3.63, 3.8) is 0 Å². The fourth-order valence-electron chi connectivity index (χ4n) is 2.44. The number of aryl methyl sites for hydroxylation is 1. The van der Waals surface area contributed by atoms with Gasteiger partial charge < -0.3 is 21.5 Å². The van der Waals surface area contributed by atoms with E-state index in [9.17, 15) is 9.59 Å². The fraction of sp³-hybridized carbons (Fsp3) is 0.579. The molecule has 0 bridgehead atoms. The topological polar surface area (TPSA) is 107 Å². The van der Waals surface area contributed by atoms with Gasteiger partial charge in [0.05, 0.1) is 12.7 Å². The first-order valence-corrected chi connectivity index (χ1v) is 8.86. The molecule has 0 aliphatic carbocycles. The van der Waals surface area contributed by atoms with E-state index < -0.39 is 0 Å². The minimum Gasteiger partial charge on any atom is -0.372 e. The average Bonchev–Trinajstić information content (AvgIpc) is 2.61. The Bertz CT molecular complexity index is 531. The zero-order valence-corrected chi connectivity index (χ0v) is 15.3. The predicted octanol–water partition coefficient (Wildman–Crippen LogP) is 1.64. The zero-order valence-electron chi connectivity index (χ0n) is 15.3. The molecule has 0 radical (unpaired) electrons. The van der Waals surface area contributed by atoms with Gasteiger partial charge in [-0.25, -0.2) is 0 Å². The largest absolute Gasteiger partial charge is 0.372 e. The molecular formula is C19H31N3O3. The first-order chi connectivity index (χ1) is 11.9. The van der Waals surface area contributed by atoms with Gasteiger partial charge in [-0.1, -0.05) is 24.3 Å². The second-order valence-electron chi connectivity index (χ2n) is 6.38. The van der Waals surface area contributed by atoms with Crippen LogP contribution in [0.25, 0.3) is 0 Å². The predicted molar refractivity (Wildman–Crippen MR) is 98.7 cm³/mol. The number of nitrogens with two attached hydrogens (primary N) is 2. The molecule has 0 spiro atoms. The molecule has 1 aromatic carbocycles. The highest BCUT2D eigenvalue weighted by Crippen LogP contribution is 2.12. The van der Waals surface area contributed by atoms with Gasteiger partial charge in [0.1, 0.15) is 0 Å². The van der Waals surface area contributed by atoms with Gasteiger partial charge in [-0.05, 0) is 43.7 Å². The Hall–Kier alpha value is -1.92. The Morgan fingerprint density at radius 2 is 1.76 bits per heavy atom. The minimum atomic E-state index is -0.339. The molecule has 0 saturated carbocycles. The Labute approximate surface area is 150 Å². The number of primary amides is 1. The molecule has 25 heavy (non-hydrogen) atoms. The molecule has 0 saturated heterocycles. The number of carbonyl (C=O) groups is 2. The summed E-state index contributed by atoms with van der Waals surface area (Å²) in [6, 6.07) is 8.09. The summed E-state index contributed by atoms with van der Waals surface area (Å²) in [5, 5.41) is 2.63. The van der Waals surface area contributed by atoms with Crippen LogP contribution < -0.4 is 16.8 Å². The van der Waals surface area contributed by atoms with Crippen molar-refractivity contribution in [3.8, 4) is 0 Å². The van der Waals surface area contributed by atoms with Crippen LogP contribution in [0, 0.1) is 0 Å². The third kappa shape index (κ3) is 9.22. The molecule has 2 amide bonds. The van der Waals surface area contributed by atoms with Crippen LogP contribution in [0.2, 0.25) is 0 Å². The van der Waals surface area contributed by atoms with E-state index in [1.807, 2.05) is 6.92 Å². The number of unbranched alkanes of at least 4 members (excludes halogenated alkanes) is 1. The van der Waals surface area contributed by atoms with E-state index in [-0.39, 0.29) is 30.4 Å². The summed E-state index contributed by atoms with van der Waals surface area (Å²) in [5.74, 6) is -0.246. The van der Waals surface area contributed by atoms with Gasteiger partial charge in [0, 0.05) is 25.9 Å². The van der Waals surface area contributed by atoms with Gasteiger partial charge in [-0.3, -0.25) is 9.59 Å². The van der Waals surface area contributed by atoms with Gasteiger partial charge in [0.15, 0.2) is 0 Å². The number of ether oxygens (including phenoxy) is 1. The lowest BCUT2D eigenvalue weighted by molar-refractivity contribution is -0.121. The molecular weight excluding hydrogens is 318 g/mol. The van der Waals surface area contributed by atoms with Crippen molar-refractivity contribution in [2.24, 2.45) is 11.5 Å². The number of benzene rings is 1. The minimum absolute atomic E-state index is 0.0932. The molecule has 6 nitrogen and oxygen atoms in total. The van der Waals surface area contributed by atoms with Gasteiger partial charge in [-0.15, -0.1) is 0 Å². The first kappa shape index (κ1) is 21.1. The van der Waals surface area contributed by atoms with Crippen molar-refractivity contribution < 1.29 is 14.3 Å². The third-order valence-corrected chi connectivity index (χ3v) is 4.26.